The molecule has 0 bridgehead atoms. The lowest BCUT2D eigenvalue weighted by Crippen LogP contribution is -2.14. The van der Waals surface area contributed by atoms with Crippen LogP contribution in [0.25, 0.3) is 10.9 Å². The van der Waals surface area contributed by atoms with Crippen molar-refractivity contribution in [3.63, 3.8) is 0 Å². The van der Waals surface area contributed by atoms with Crippen molar-refractivity contribution in [2.75, 3.05) is 11.9 Å². The molecule has 3 aromatic rings. The van der Waals surface area contributed by atoms with Gasteiger partial charge >= 0.3 is 0 Å². The van der Waals surface area contributed by atoms with Gasteiger partial charge in [0.15, 0.2) is 5.69 Å². The molecule has 114 valence electrons. The Labute approximate surface area is 138 Å². The maximum absolute atomic E-state index is 10.3. The van der Waals surface area contributed by atoms with E-state index in [0.29, 0.717) is 21.8 Å². The molecule has 0 radical (unpaired) electrons. The number of anilines is 1. The number of hydrogen-bond donors (Lipinski definition) is 2. The molecule has 1 aromatic heterocycles. The van der Waals surface area contributed by atoms with Crippen LogP contribution in [0.15, 0.2) is 48.5 Å². The molecule has 2 N–H and O–H groups in total. The van der Waals surface area contributed by atoms with E-state index in [1.54, 1.807) is 24.3 Å². The first-order chi connectivity index (χ1) is 11.2. The van der Waals surface area contributed by atoms with Crippen molar-refractivity contribution >= 4 is 28.2 Å². The lowest BCUT2D eigenvalue weighted by molar-refractivity contribution is 0.191. The smallest absolute Gasteiger partial charge is 0.186 e. The van der Waals surface area contributed by atoms with Crippen molar-refractivity contribution in [1.29, 1.82) is 5.26 Å². The third kappa shape index (κ3) is 3.24. The van der Waals surface area contributed by atoms with Crippen LogP contribution in [0.1, 0.15) is 17.4 Å². The van der Waals surface area contributed by atoms with E-state index in [1.807, 2.05) is 30.3 Å². The monoisotopic (exact) mass is 324 g/mol. The van der Waals surface area contributed by atoms with Gasteiger partial charge in [0.2, 0.25) is 0 Å². The van der Waals surface area contributed by atoms with Gasteiger partial charge in [-0.15, -0.1) is 10.2 Å². The molecule has 1 unspecified atom stereocenters. The van der Waals surface area contributed by atoms with Crippen molar-refractivity contribution in [1.82, 2.24) is 10.2 Å². The lowest BCUT2D eigenvalue weighted by Gasteiger charge is -2.15. The Hall–Kier alpha value is -2.68. The zero-order chi connectivity index (χ0) is 16.2. The van der Waals surface area contributed by atoms with Crippen molar-refractivity contribution in [2.45, 2.75) is 6.10 Å². The van der Waals surface area contributed by atoms with Gasteiger partial charge in [0.1, 0.15) is 6.07 Å². The molecule has 0 aliphatic carbocycles. The Kier molecular flexibility index (Phi) is 4.38. The van der Waals surface area contributed by atoms with Gasteiger partial charge in [-0.2, -0.15) is 5.26 Å². The lowest BCUT2D eigenvalue weighted by atomic mass is 10.1. The summed E-state index contributed by atoms with van der Waals surface area (Å²) in [4.78, 5) is 0. The van der Waals surface area contributed by atoms with Crippen LogP contribution < -0.4 is 5.32 Å². The van der Waals surface area contributed by atoms with Crippen LogP contribution in [0.5, 0.6) is 0 Å². The van der Waals surface area contributed by atoms with Gasteiger partial charge in [0.25, 0.3) is 0 Å². The normalized spacial score (nSPS) is 11.9. The number of benzene rings is 2. The number of nitrogens with zero attached hydrogens (tertiary/aromatic N) is 3. The number of nitriles is 1. The molecular formula is C17H13ClN4O. The summed E-state index contributed by atoms with van der Waals surface area (Å²) >= 11 is 5.94. The summed E-state index contributed by atoms with van der Waals surface area (Å²) in [5, 5.41) is 31.9. The fraction of sp³-hybridized carbons (Fsp3) is 0.118. The second kappa shape index (κ2) is 6.61. The summed E-state index contributed by atoms with van der Waals surface area (Å²) in [7, 11) is 0. The van der Waals surface area contributed by atoms with Gasteiger partial charge < -0.3 is 10.4 Å². The van der Waals surface area contributed by atoms with Gasteiger partial charge in [-0.25, -0.2) is 0 Å². The molecule has 3 rings (SSSR count). The van der Waals surface area contributed by atoms with Crippen LogP contribution in [-0.4, -0.2) is 21.8 Å². The van der Waals surface area contributed by atoms with Crippen LogP contribution >= 0.6 is 11.6 Å². The number of aliphatic hydroxyl groups is 1. The van der Waals surface area contributed by atoms with Gasteiger partial charge in [0.05, 0.1) is 17.3 Å². The number of aromatic nitrogens is 2. The largest absolute Gasteiger partial charge is 0.387 e. The molecule has 2 aromatic carbocycles. The third-order valence-corrected chi connectivity index (χ3v) is 3.71. The molecule has 0 aliphatic rings. The van der Waals surface area contributed by atoms with E-state index in [0.717, 1.165) is 5.39 Å². The van der Waals surface area contributed by atoms with Crippen LogP contribution in [0.2, 0.25) is 5.02 Å². The predicted molar refractivity (Wildman–Crippen MR) is 89.2 cm³/mol. The molecule has 0 saturated heterocycles. The highest BCUT2D eigenvalue weighted by Crippen LogP contribution is 2.25. The number of hydrogen-bond acceptors (Lipinski definition) is 5. The van der Waals surface area contributed by atoms with Gasteiger partial charge in [-0.1, -0.05) is 41.9 Å². The van der Waals surface area contributed by atoms with E-state index >= 15 is 0 Å². The van der Waals surface area contributed by atoms with Gasteiger partial charge in [-0.3, -0.25) is 0 Å². The third-order valence-electron chi connectivity index (χ3n) is 3.48. The summed E-state index contributed by atoms with van der Waals surface area (Å²) < 4.78 is 0. The topological polar surface area (TPSA) is 81.8 Å². The molecule has 1 atom stereocenters. The molecule has 0 aliphatic heterocycles. The quantitative estimate of drug-likeness (QED) is 0.769. The number of rotatable bonds is 4. The first kappa shape index (κ1) is 15.2. The highest BCUT2D eigenvalue weighted by atomic mass is 35.5. The Bertz CT molecular complexity index is 891. The minimum Gasteiger partial charge on any atom is -0.387 e. The van der Waals surface area contributed by atoms with E-state index in [-0.39, 0.29) is 12.2 Å². The molecule has 0 amide bonds. The summed E-state index contributed by atoms with van der Waals surface area (Å²) in [5.41, 5.74) is 2.15. The predicted octanol–water partition coefficient (Wildman–Crippen LogP) is 3.30. The standard InChI is InChI=1S/C17H13ClN4O/c18-12-5-3-4-11(8-12)16(23)10-20-17-13-6-1-2-7-14(13)21-22-15(17)9-19/h1-8,16,23H,10H2,(H,20,21). The SMILES string of the molecule is N#Cc1nnc2ccccc2c1NCC(O)c1cccc(Cl)c1. The maximum atomic E-state index is 10.3. The van der Waals surface area contributed by atoms with Crippen LogP contribution in [-0.2, 0) is 0 Å². The first-order valence-corrected chi connectivity index (χ1v) is 7.40. The minimum atomic E-state index is -0.757. The summed E-state index contributed by atoms with van der Waals surface area (Å²) in [6, 6.07) is 16.5. The Morgan fingerprint density at radius 2 is 2.00 bits per heavy atom. The fourth-order valence-corrected chi connectivity index (χ4v) is 2.54. The molecule has 6 heteroatoms. The zero-order valence-electron chi connectivity index (χ0n) is 12.1. The molecule has 23 heavy (non-hydrogen) atoms. The highest BCUT2D eigenvalue weighted by Gasteiger charge is 2.13. The molecule has 0 spiro atoms. The highest BCUT2D eigenvalue weighted by molar-refractivity contribution is 6.30. The molecule has 5 nitrogen and oxygen atoms in total. The number of nitrogens with one attached hydrogen (secondary N) is 1. The average Bonchev–Trinajstić information content (AvgIpc) is 2.59. The Morgan fingerprint density at radius 3 is 2.78 bits per heavy atom. The van der Waals surface area contributed by atoms with Crippen molar-refractivity contribution in [2.24, 2.45) is 0 Å². The Morgan fingerprint density at radius 1 is 1.17 bits per heavy atom. The molecular weight excluding hydrogens is 312 g/mol. The molecule has 0 fully saturated rings. The maximum Gasteiger partial charge on any atom is 0.186 e. The summed E-state index contributed by atoms with van der Waals surface area (Å²) in [6.45, 7) is 0.227. The summed E-state index contributed by atoms with van der Waals surface area (Å²) in [5.74, 6) is 0. The zero-order valence-corrected chi connectivity index (χ0v) is 12.8. The molecule has 0 saturated carbocycles. The van der Waals surface area contributed by atoms with Crippen molar-refractivity contribution in [3.8, 4) is 6.07 Å². The number of aliphatic hydroxyl groups excluding tert-OH is 1. The van der Waals surface area contributed by atoms with Crippen LogP contribution in [0, 0.1) is 11.3 Å². The van der Waals surface area contributed by atoms with E-state index in [9.17, 15) is 10.4 Å². The summed E-state index contributed by atoms with van der Waals surface area (Å²) in [6.07, 6.45) is -0.757. The van der Waals surface area contributed by atoms with E-state index in [4.69, 9.17) is 11.6 Å². The van der Waals surface area contributed by atoms with Gasteiger partial charge in [-0.05, 0) is 23.8 Å². The van der Waals surface area contributed by atoms with E-state index in [2.05, 4.69) is 15.5 Å². The van der Waals surface area contributed by atoms with Crippen molar-refractivity contribution in [3.05, 3.63) is 64.8 Å². The second-order valence-electron chi connectivity index (χ2n) is 5.00. The second-order valence-corrected chi connectivity index (χ2v) is 5.44. The average molecular weight is 325 g/mol. The van der Waals surface area contributed by atoms with Gasteiger partial charge in [0, 0.05) is 17.0 Å². The van der Waals surface area contributed by atoms with Crippen LogP contribution in [0.3, 0.4) is 0 Å². The number of fused-ring (bicyclic) bond motifs is 1. The fourth-order valence-electron chi connectivity index (χ4n) is 2.34. The van der Waals surface area contributed by atoms with Crippen molar-refractivity contribution < 1.29 is 5.11 Å². The minimum absolute atomic E-state index is 0.196. The molecule has 1 heterocycles. The van der Waals surface area contributed by atoms with E-state index in [1.165, 1.54) is 0 Å². The van der Waals surface area contributed by atoms with E-state index < -0.39 is 6.10 Å². The Balaban J connectivity index is 1.88. The van der Waals surface area contributed by atoms with Crippen LogP contribution in [0.4, 0.5) is 5.69 Å². The first-order valence-electron chi connectivity index (χ1n) is 7.02. The number of halogens is 1.